The van der Waals surface area contributed by atoms with Crippen LogP contribution in [0.3, 0.4) is 0 Å². The van der Waals surface area contributed by atoms with Gasteiger partial charge in [0.05, 0.1) is 0 Å². The molecule has 0 bridgehead atoms. The molecule has 0 radical (unpaired) electrons. The zero-order chi connectivity index (χ0) is 13.0. The molecule has 0 aliphatic carbocycles. The molecule has 1 aromatic carbocycles. The van der Waals surface area contributed by atoms with Gasteiger partial charge in [-0.1, -0.05) is 35.5 Å². The van der Waals surface area contributed by atoms with Gasteiger partial charge in [-0.15, -0.1) is 0 Å². The molecule has 96 valence electrons. The van der Waals surface area contributed by atoms with Gasteiger partial charge in [0.1, 0.15) is 6.33 Å². The minimum Gasteiger partial charge on any atom is -0.312 e. The molecule has 1 aromatic heterocycles. The number of hydrogen-bond acceptors (Lipinski definition) is 5. The highest BCUT2D eigenvalue weighted by molar-refractivity contribution is 8.00. The van der Waals surface area contributed by atoms with Gasteiger partial charge in [-0.3, -0.25) is 0 Å². The molecular weight excluding hydrogens is 262 g/mol. The lowest BCUT2D eigenvalue weighted by atomic mass is 10.0. The Labute approximate surface area is 116 Å². The lowest BCUT2D eigenvalue weighted by Crippen LogP contribution is -2.19. The number of aryl methyl sites for hydroxylation is 2. The van der Waals surface area contributed by atoms with Crippen LogP contribution in [-0.4, -0.2) is 22.2 Å². The van der Waals surface area contributed by atoms with E-state index in [1.807, 2.05) is 7.05 Å². The molecule has 0 spiro atoms. The van der Waals surface area contributed by atoms with Crippen molar-refractivity contribution in [3.63, 3.8) is 0 Å². The highest BCUT2D eigenvalue weighted by Gasteiger charge is 2.13. The number of thioether (sulfide) groups is 1. The van der Waals surface area contributed by atoms with Crippen LogP contribution in [0.15, 0.2) is 28.9 Å². The second kappa shape index (κ2) is 6.31. The molecule has 0 aliphatic heterocycles. The van der Waals surface area contributed by atoms with Crippen molar-refractivity contribution in [3.8, 4) is 0 Å². The molecular formula is C13H17N3S2. The van der Waals surface area contributed by atoms with E-state index in [1.54, 1.807) is 18.1 Å². The van der Waals surface area contributed by atoms with Crippen LogP contribution in [0.25, 0.3) is 0 Å². The highest BCUT2D eigenvalue weighted by Crippen LogP contribution is 2.27. The van der Waals surface area contributed by atoms with E-state index in [0.717, 1.165) is 10.1 Å². The largest absolute Gasteiger partial charge is 0.312 e. The zero-order valence-corrected chi connectivity index (χ0v) is 12.4. The third-order valence-electron chi connectivity index (χ3n) is 2.87. The van der Waals surface area contributed by atoms with E-state index in [4.69, 9.17) is 0 Å². The van der Waals surface area contributed by atoms with Crippen molar-refractivity contribution in [1.82, 2.24) is 14.7 Å². The van der Waals surface area contributed by atoms with Gasteiger partial charge in [0.2, 0.25) is 0 Å². The van der Waals surface area contributed by atoms with E-state index < -0.39 is 0 Å². The maximum atomic E-state index is 4.20. The Kier molecular flexibility index (Phi) is 4.74. The van der Waals surface area contributed by atoms with E-state index in [9.17, 15) is 0 Å². The summed E-state index contributed by atoms with van der Waals surface area (Å²) < 4.78 is 5.05. The highest BCUT2D eigenvalue weighted by atomic mass is 32.2. The smallest absolute Gasteiger partial charge is 0.169 e. The topological polar surface area (TPSA) is 37.8 Å². The van der Waals surface area contributed by atoms with Crippen LogP contribution in [0.5, 0.6) is 0 Å². The Morgan fingerprint density at radius 3 is 2.89 bits per heavy atom. The monoisotopic (exact) mass is 279 g/mol. The van der Waals surface area contributed by atoms with Crippen molar-refractivity contribution in [2.24, 2.45) is 0 Å². The Morgan fingerprint density at radius 2 is 2.22 bits per heavy atom. The first-order valence-corrected chi connectivity index (χ1v) is 7.60. The second-order valence-corrected chi connectivity index (χ2v) is 6.27. The Bertz CT molecular complexity index is 497. The Balaban J connectivity index is 2.10. The molecule has 1 unspecified atom stereocenters. The summed E-state index contributed by atoms with van der Waals surface area (Å²) in [5, 5.41) is 3.38. The van der Waals surface area contributed by atoms with Gasteiger partial charge < -0.3 is 5.32 Å². The summed E-state index contributed by atoms with van der Waals surface area (Å²) in [7, 11) is 2.01. The summed E-state index contributed by atoms with van der Waals surface area (Å²) in [4.78, 5) is 4.20. The zero-order valence-electron chi connectivity index (χ0n) is 10.8. The van der Waals surface area contributed by atoms with Gasteiger partial charge in [0.15, 0.2) is 4.34 Å². The van der Waals surface area contributed by atoms with Crippen molar-refractivity contribution in [3.05, 3.63) is 41.2 Å². The molecule has 0 saturated heterocycles. The lowest BCUT2D eigenvalue weighted by molar-refractivity contribution is 0.657. The number of benzene rings is 1. The lowest BCUT2D eigenvalue weighted by Gasteiger charge is -2.18. The van der Waals surface area contributed by atoms with E-state index in [2.05, 4.69) is 46.7 Å². The summed E-state index contributed by atoms with van der Waals surface area (Å²) in [5.41, 5.74) is 4.00. The molecule has 2 aromatic rings. The molecule has 0 fully saturated rings. The summed E-state index contributed by atoms with van der Waals surface area (Å²) in [6.45, 7) is 4.29. The fourth-order valence-electron chi connectivity index (χ4n) is 1.85. The standard InChI is InChI=1S/C13H17N3S2/c1-9-4-5-10(2)11(6-9)12(14-3)7-17-13-15-8-16-18-13/h4-6,8,12,14H,7H2,1-3H3. The first-order valence-electron chi connectivity index (χ1n) is 5.84. The van der Waals surface area contributed by atoms with Gasteiger partial charge >= 0.3 is 0 Å². The van der Waals surface area contributed by atoms with Crippen LogP contribution in [0, 0.1) is 13.8 Å². The molecule has 0 aliphatic rings. The van der Waals surface area contributed by atoms with Crippen molar-refractivity contribution >= 4 is 23.3 Å². The summed E-state index contributed by atoms with van der Waals surface area (Å²) in [6.07, 6.45) is 1.61. The quantitative estimate of drug-likeness (QED) is 0.853. The van der Waals surface area contributed by atoms with Gasteiger partial charge in [-0.05, 0) is 43.6 Å². The molecule has 1 heterocycles. The average Bonchev–Trinajstić information content (AvgIpc) is 2.87. The predicted molar refractivity (Wildman–Crippen MR) is 78.3 cm³/mol. The van der Waals surface area contributed by atoms with Crippen LogP contribution in [0.2, 0.25) is 0 Å². The molecule has 3 nitrogen and oxygen atoms in total. The van der Waals surface area contributed by atoms with Gasteiger partial charge in [0.25, 0.3) is 0 Å². The average molecular weight is 279 g/mol. The fraction of sp³-hybridized carbons (Fsp3) is 0.385. The summed E-state index contributed by atoms with van der Waals surface area (Å²) >= 11 is 3.20. The number of nitrogens with zero attached hydrogens (tertiary/aromatic N) is 2. The summed E-state index contributed by atoms with van der Waals surface area (Å²) in [5.74, 6) is 0.968. The maximum absolute atomic E-state index is 4.20. The number of nitrogens with one attached hydrogen (secondary N) is 1. The number of hydrogen-bond donors (Lipinski definition) is 1. The normalized spacial score (nSPS) is 12.6. The minimum atomic E-state index is 0.346. The third kappa shape index (κ3) is 3.31. The number of aromatic nitrogens is 2. The minimum absolute atomic E-state index is 0.346. The van der Waals surface area contributed by atoms with Crippen LogP contribution >= 0.6 is 23.3 Å². The van der Waals surface area contributed by atoms with Crippen LogP contribution in [-0.2, 0) is 0 Å². The van der Waals surface area contributed by atoms with E-state index in [1.165, 1.54) is 28.2 Å². The maximum Gasteiger partial charge on any atom is 0.169 e. The van der Waals surface area contributed by atoms with Crippen LogP contribution in [0.1, 0.15) is 22.7 Å². The summed E-state index contributed by atoms with van der Waals surface area (Å²) in [6, 6.07) is 6.95. The van der Waals surface area contributed by atoms with Crippen molar-refractivity contribution in [2.45, 2.75) is 24.2 Å². The molecule has 1 atom stereocenters. The molecule has 0 saturated carbocycles. The molecule has 2 rings (SSSR count). The van der Waals surface area contributed by atoms with Crippen molar-refractivity contribution < 1.29 is 0 Å². The van der Waals surface area contributed by atoms with Gasteiger partial charge in [-0.25, -0.2) is 4.98 Å². The van der Waals surface area contributed by atoms with E-state index >= 15 is 0 Å². The first kappa shape index (κ1) is 13.5. The van der Waals surface area contributed by atoms with E-state index in [0.29, 0.717) is 6.04 Å². The van der Waals surface area contributed by atoms with Gasteiger partial charge in [0, 0.05) is 11.8 Å². The Morgan fingerprint density at radius 1 is 1.39 bits per heavy atom. The van der Waals surface area contributed by atoms with Crippen LogP contribution in [0.4, 0.5) is 0 Å². The van der Waals surface area contributed by atoms with Crippen molar-refractivity contribution in [2.75, 3.05) is 12.8 Å². The van der Waals surface area contributed by atoms with E-state index in [-0.39, 0.29) is 0 Å². The van der Waals surface area contributed by atoms with Crippen LogP contribution < -0.4 is 5.32 Å². The first-order chi connectivity index (χ1) is 8.70. The molecule has 18 heavy (non-hydrogen) atoms. The molecule has 1 N–H and O–H groups in total. The predicted octanol–water partition coefficient (Wildman–Crippen LogP) is 3.21. The SMILES string of the molecule is CNC(CSc1ncns1)c1cc(C)ccc1C. The van der Waals surface area contributed by atoms with Gasteiger partial charge in [-0.2, -0.15) is 4.37 Å². The second-order valence-electron chi connectivity index (χ2n) is 4.22. The third-order valence-corrected chi connectivity index (χ3v) is 4.76. The fourth-order valence-corrected chi connectivity index (χ4v) is 3.45. The number of rotatable bonds is 5. The van der Waals surface area contributed by atoms with Crippen molar-refractivity contribution in [1.29, 1.82) is 0 Å². The Hall–Kier alpha value is -0.910. The molecule has 5 heteroatoms. The molecule has 0 amide bonds.